The van der Waals surface area contributed by atoms with E-state index in [9.17, 15) is 13.2 Å². The van der Waals surface area contributed by atoms with E-state index in [1.807, 2.05) is 6.92 Å². The van der Waals surface area contributed by atoms with Gasteiger partial charge in [0.1, 0.15) is 6.04 Å². The number of sulfonamides is 1. The summed E-state index contributed by atoms with van der Waals surface area (Å²) in [5.41, 5.74) is 6.15. The van der Waals surface area contributed by atoms with Gasteiger partial charge in [-0.3, -0.25) is 4.79 Å². The van der Waals surface area contributed by atoms with Gasteiger partial charge >= 0.3 is 0 Å². The highest BCUT2D eigenvalue weighted by molar-refractivity contribution is 7.89. The zero-order chi connectivity index (χ0) is 17.3. The van der Waals surface area contributed by atoms with Crippen molar-refractivity contribution in [2.24, 2.45) is 17.6 Å². The van der Waals surface area contributed by atoms with Crippen LogP contribution in [0.3, 0.4) is 0 Å². The van der Waals surface area contributed by atoms with E-state index in [-0.39, 0.29) is 36.2 Å². The molecule has 0 aromatic rings. The minimum atomic E-state index is -3.32. The van der Waals surface area contributed by atoms with Crippen molar-refractivity contribution in [2.75, 3.05) is 12.3 Å². The number of nitrogens with zero attached hydrogens (tertiary/aromatic N) is 1. The molecule has 0 spiro atoms. The molecule has 0 aromatic heterocycles. The Morgan fingerprint density at radius 1 is 1.16 bits per heavy atom. The van der Waals surface area contributed by atoms with Gasteiger partial charge in [0.2, 0.25) is 15.9 Å². The highest BCUT2D eigenvalue weighted by Crippen LogP contribution is 2.40. The number of fused-ring (bicyclic) bond motifs is 2. The predicted molar refractivity (Wildman–Crippen MR) is 101 cm³/mol. The van der Waals surface area contributed by atoms with Crippen molar-refractivity contribution in [3.63, 3.8) is 0 Å². The number of halogens is 1. The first-order chi connectivity index (χ1) is 11.4. The normalized spacial score (nSPS) is 35.8. The van der Waals surface area contributed by atoms with E-state index in [1.165, 1.54) is 10.7 Å². The Kier molecular flexibility index (Phi) is 7.16. The molecule has 8 heteroatoms. The Balaban J connectivity index is 0.00000225. The second-order valence-electron chi connectivity index (χ2n) is 7.80. The molecule has 3 atom stereocenters. The third-order valence-electron chi connectivity index (χ3n) is 6.01. The van der Waals surface area contributed by atoms with Crippen molar-refractivity contribution in [1.82, 2.24) is 9.62 Å². The quantitative estimate of drug-likeness (QED) is 0.742. The molecule has 2 aliphatic carbocycles. The topological polar surface area (TPSA) is 92.5 Å². The van der Waals surface area contributed by atoms with Gasteiger partial charge in [0.15, 0.2) is 0 Å². The first-order valence-electron chi connectivity index (χ1n) is 9.48. The van der Waals surface area contributed by atoms with Crippen LogP contribution in [0.1, 0.15) is 58.3 Å². The summed E-state index contributed by atoms with van der Waals surface area (Å²) in [6.07, 6.45) is 7.40. The summed E-state index contributed by atoms with van der Waals surface area (Å²) in [6, 6.07) is -0.0818. The van der Waals surface area contributed by atoms with Gasteiger partial charge in [-0.05, 0) is 56.8 Å². The van der Waals surface area contributed by atoms with E-state index < -0.39 is 16.1 Å². The number of carbonyl (C=O) groups is 1. The third kappa shape index (κ3) is 4.49. The Hall–Kier alpha value is -0.370. The van der Waals surface area contributed by atoms with Crippen LogP contribution in [-0.4, -0.2) is 49.1 Å². The lowest BCUT2D eigenvalue weighted by atomic mass is 9.67. The van der Waals surface area contributed by atoms with Gasteiger partial charge in [0, 0.05) is 18.6 Å². The van der Waals surface area contributed by atoms with Crippen molar-refractivity contribution in [2.45, 2.75) is 76.4 Å². The molecule has 6 nitrogen and oxygen atoms in total. The average molecular weight is 394 g/mol. The Morgan fingerprint density at radius 2 is 1.80 bits per heavy atom. The minimum Gasteiger partial charge on any atom is -0.351 e. The van der Waals surface area contributed by atoms with E-state index in [0.29, 0.717) is 31.2 Å². The minimum absolute atomic E-state index is 0. The molecule has 2 bridgehead atoms. The molecule has 3 N–H and O–H groups in total. The smallest absolute Gasteiger partial charge is 0.238 e. The molecule has 1 amide bonds. The van der Waals surface area contributed by atoms with Crippen LogP contribution in [0.25, 0.3) is 0 Å². The van der Waals surface area contributed by atoms with E-state index >= 15 is 0 Å². The van der Waals surface area contributed by atoms with Crippen LogP contribution in [0.5, 0.6) is 0 Å². The van der Waals surface area contributed by atoms with Crippen LogP contribution in [0, 0.1) is 11.8 Å². The van der Waals surface area contributed by atoms with Crippen LogP contribution in [0.2, 0.25) is 0 Å². The van der Waals surface area contributed by atoms with Crippen LogP contribution in [0.4, 0.5) is 0 Å². The zero-order valence-electron chi connectivity index (χ0n) is 15.0. The van der Waals surface area contributed by atoms with Crippen molar-refractivity contribution >= 4 is 28.3 Å². The van der Waals surface area contributed by atoms with Gasteiger partial charge in [0.25, 0.3) is 0 Å². The largest absolute Gasteiger partial charge is 0.351 e. The number of nitrogens with two attached hydrogens (primary N) is 1. The van der Waals surface area contributed by atoms with Gasteiger partial charge < -0.3 is 11.1 Å². The molecule has 3 fully saturated rings. The number of rotatable bonds is 5. The molecule has 3 rings (SSSR count). The van der Waals surface area contributed by atoms with Gasteiger partial charge in [-0.2, -0.15) is 4.31 Å². The summed E-state index contributed by atoms with van der Waals surface area (Å²) >= 11 is 0. The number of hydrogen-bond donors (Lipinski definition) is 2. The predicted octanol–water partition coefficient (Wildman–Crippen LogP) is 1.63. The van der Waals surface area contributed by atoms with E-state index in [2.05, 4.69) is 5.32 Å². The van der Waals surface area contributed by atoms with E-state index in [1.54, 1.807) is 0 Å². The summed E-state index contributed by atoms with van der Waals surface area (Å²) in [7, 11) is -3.32. The zero-order valence-corrected chi connectivity index (χ0v) is 16.7. The van der Waals surface area contributed by atoms with Crippen LogP contribution in [-0.2, 0) is 14.8 Å². The van der Waals surface area contributed by atoms with Crippen molar-refractivity contribution in [1.29, 1.82) is 0 Å². The second kappa shape index (κ2) is 8.55. The van der Waals surface area contributed by atoms with Crippen molar-refractivity contribution < 1.29 is 13.2 Å². The first-order valence-corrected chi connectivity index (χ1v) is 11.1. The fourth-order valence-corrected chi connectivity index (χ4v) is 6.74. The number of carbonyl (C=O) groups excluding carboxylic acids is 1. The summed E-state index contributed by atoms with van der Waals surface area (Å²) in [5.74, 6) is 0.946. The molecule has 3 unspecified atom stereocenters. The highest BCUT2D eigenvalue weighted by atomic mass is 35.5. The lowest BCUT2D eigenvalue weighted by Crippen LogP contribution is -2.57. The summed E-state index contributed by atoms with van der Waals surface area (Å²) in [5, 5.41) is 3.23. The van der Waals surface area contributed by atoms with E-state index in [4.69, 9.17) is 5.73 Å². The SMILES string of the molecule is CCCS(=O)(=O)N1CCCC1C(=O)NC1C2CCCC1CC(N)C2.Cl. The average Bonchev–Trinajstić information content (AvgIpc) is 2.98. The summed E-state index contributed by atoms with van der Waals surface area (Å²) in [4.78, 5) is 12.8. The van der Waals surface area contributed by atoms with Gasteiger partial charge in [-0.25, -0.2) is 8.42 Å². The van der Waals surface area contributed by atoms with Crippen LogP contribution < -0.4 is 11.1 Å². The maximum Gasteiger partial charge on any atom is 0.238 e. The summed E-state index contributed by atoms with van der Waals surface area (Å²) in [6.45, 7) is 2.33. The number of hydrogen-bond acceptors (Lipinski definition) is 4. The third-order valence-corrected chi connectivity index (χ3v) is 8.09. The van der Waals surface area contributed by atoms with Crippen LogP contribution >= 0.6 is 12.4 Å². The summed E-state index contributed by atoms with van der Waals surface area (Å²) < 4.78 is 26.3. The molecular weight excluding hydrogens is 362 g/mol. The van der Waals surface area contributed by atoms with Crippen molar-refractivity contribution in [3.05, 3.63) is 0 Å². The lowest BCUT2D eigenvalue weighted by molar-refractivity contribution is -0.126. The van der Waals surface area contributed by atoms with Crippen molar-refractivity contribution in [3.8, 4) is 0 Å². The molecule has 0 radical (unpaired) electrons. The second-order valence-corrected chi connectivity index (χ2v) is 9.84. The lowest BCUT2D eigenvalue weighted by Gasteiger charge is -2.45. The standard InChI is InChI=1S/C17H31N3O3S.ClH/c1-2-9-24(22,23)20-8-4-7-15(20)17(21)19-16-12-5-3-6-13(16)11-14(18)10-12;/h12-16H,2-11,18H2,1H3,(H,19,21);1H. The monoisotopic (exact) mass is 393 g/mol. The highest BCUT2D eigenvalue weighted by Gasteiger charge is 2.43. The molecule has 146 valence electrons. The fourth-order valence-electron chi connectivity index (χ4n) is 5.00. The molecule has 0 aromatic carbocycles. The van der Waals surface area contributed by atoms with Gasteiger partial charge in [-0.15, -0.1) is 12.4 Å². The molecule has 1 saturated heterocycles. The molecule has 3 aliphatic rings. The molecule has 1 heterocycles. The van der Waals surface area contributed by atoms with Gasteiger partial charge in [-0.1, -0.05) is 13.3 Å². The Labute approximate surface area is 157 Å². The molecule has 1 aliphatic heterocycles. The number of nitrogens with one attached hydrogen (secondary N) is 1. The maximum atomic E-state index is 12.8. The van der Waals surface area contributed by atoms with Gasteiger partial charge in [0.05, 0.1) is 5.75 Å². The van der Waals surface area contributed by atoms with E-state index in [0.717, 1.165) is 32.1 Å². The molecule has 2 saturated carbocycles. The fraction of sp³-hybridized carbons (Fsp3) is 0.941. The van der Waals surface area contributed by atoms with Crippen LogP contribution in [0.15, 0.2) is 0 Å². The first kappa shape index (κ1) is 20.9. The Bertz CT molecular complexity index is 557. The number of amides is 1. The molecule has 25 heavy (non-hydrogen) atoms. The maximum absolute atomic E-state index is 12.8. The Morgan fingerprint density at radius 3 is 2.40 bits per heavy atom. The molecular formula is C17H32ClN3O3S.